The van der Waals surface area contributed by atoms with Gasteiger partial charge in [0.2, 0.25) is 5.88 Å². The Hall–Kier alpha value is -2.85. The van der Waals surface area contributed by atoms with Crippen LogP contribution in [0.1, 0.15) is 31.0 Å². The quantitative estimate of drug-likeness (QED) is 0.459. The summed E-state index contributed by atoms with van der Waals surface area (Å²) in [7, 11) is 0. The minimum absolute atomic E-state index is 0.0850. The molecule has 0 spiro atoms. The number of benzene rings is 2. The maximum absolute atomic E-state index is 12.7. The highest BCUT2D eigenvalue weighted by Crippen LogP contribution is 2.27. The van der Waals surface area contributed by atoms with Gasteiger partial charge in [0.1, 0.15) is 12.4 Å². The summed E-state index contributed by atoms with van der Waals surface area (Å²) in [6, 6.07) is 22.1. The largest absolute Gasteiger partial charge is 0.459 e. The molecule has 0 saturated heterocycles. The smallest absolute Gasteiger partial charge is 0.314 e. The van der Waals surface area contributed by atoms with Gasteiger partial charge < -0.3 is 9.47 Å². The number of carbonyl (C=O) groups excluding carboxylic acids is 1. The number of pyridine rings is 1. The Bertz CT molecular complexity index is 911. The van der Waals surface area contributed by atoms with E-state index in [0.717, 1.165) is 5.56 Å². The normalized spacial score (nSPS) is 11.9. The van der Waals surface area contributed by atoms with Gasteiger partial charge in [-0.2, -0.15) is 0 Å². The number of aromatic nitrogens is 1. The minimum Gasteiger partial charge on any atom is -0.459 e. The topological polar surface area (TPSA) is 48.4 Å². The number of esters is 1. The molecule has 1 unspecified atom stereocenters. The van der Waals surface area contributed by atoms with Crippen molar-refractivity contribution < 1.29 is 14.3 Å². The lowest BCUT2D eigenvalue weighted by molar-refractivity contribution is -0.148. The molecule has 2 aromatic carbocycles. The lowest BCUT2D eigenvalue weighted by Crippen LogP contribution is -2.21. The molecule has 0 radical (unpaired) electrons. The summed E-state index contributed by atoms with van der Waals surface area (Å²) in [5, 5.41) is 0.638. The number of para-hydroxylation sites is 1. The SMILES string of the molecule is CC(C)C(C(=O)OCc1cccc(Oc2ccccc2)n1)c1ccc(Cl)cc1. The number of nitrogens with zero attached hydrogens (tertiary/aromatic N) is 1. The highest BCUT2D eigenvalue weighted by molar-refractivity contribution is 6.30. The molecule has 0 aliphatic rings. The highest BCUT2D eigenvalue weighted by atomic mass is 35.5. The Morgan fingerprint density at radius 2 is 1.68 bits per heavy atom. The van der Waals surface area contributed by atoms with Crippen molar-refractivity contribution in [2.24, 2.45) is 5.92 Å². The molecule has 0 bridgehead atoms. The van der Waals surface area contributed by atoms with Crippen LogP contribution in [0.25, 0.3) is 0 Å². The molecular weight excluding hydrogens is 374 g/mol. The lowest BCUT2D eigenvalue weighted by Gasteiger charge is -2.20. The Labute approximate surface area is 170 Å². The molecule has 0 aliphatic heterocycles. The van der Waals surface area contributed by atoms with Gasteiger partial charge >= 0.3 is 5.97 Å². The van der Waals surface area contributed by atoms with E-state index in [1.54, 1.807) is 24.3 Å². The summed E-state index contributed by atoms with van der Waals surface area (Å²) < 4.78 is 11.3. The third kappa shape index (κ3) is 5.33. The first-order valence-electron chi connectivity index (χ1n) is 9.14. The van der Waals surface area contributed by atoms with Crippen molar-refractivity contribution in [3.05, 3.63) is 89.1 Å². The molecule has 28 heavy (non-hydrogen) atoms. The first kappa shape index (κ1) is 19.9. The highest BCUT2D eigenvalue weighted by Gasteiger charge is 2.25. The van der Waals surface area contributed by atoms with E-state index in [-0.39, 0.29) is 24.4 Å². The zero-order valence-corrected chi connectivity index (χ0v) is 16.6. The van der Waals surface area contributed by atoms with Gasteiger partial charge in [-0.05, 0) is 41.8 Å². The number of hydrogen-bond donors (Lipinski definition) is 0. The van der Waals surface area contributed by atoms with Crippen molar-refractivity contribution >= 4 is 17.6 Å². The number of rotatable bonds is 7. The average molecular weight is 396 g/mol. The number of halogens is 1. The molecule has 0 fully saturated rings. The maximum atomic E-state index is 12.7. The molecule has 1 aromatic heterocycles. The van der Waals surface area contributed by atoms with E-state index in [1.807, 2.05) is 62.4 Å². The standard InChI is InChI=1S/C23H22ClNO3/c1-16(2)22(17-11-13-18(24)14-12-17)23(26)27-15-19-7-6-10-21(25-19)28-20-8-4-3-5-9-20/h3-14,16,22H,15H2,1-2H3. The first-order chi connectivity index (χ1) is 13.5. The fraction of sp³-hybridized carbons (Fsp3) is 0.217. The van der Waals surface area contributed by atoms with Crippen molar-refractivity contribution in [1.29, 1.82) is 0 Å². The Morgan fingerprint density at radius 1 is 0.964 bits per heavy atom. The van der Waals surface area contributed by atoms with Crippen LogP contribution in [0.5, 0.6) is 11.6 Å². The van der Waals surface area contributed by atoms with Gasteiger partial charge in [-0.25, -0.2) is 4.98 Å². The van der Waals surface area contributed by atoms with E-state index in [1.165, 1.54) is 0 Å². The molecule has 4 nitrogen and oxygen atoms in total. The van der Waals surface area contributed by atoms with Gasteiger partial charge in [0.25, 0.3) is 0 Å². The molecule has 3 aromatic rings. The molecule has 0 N–H and O–H groups in total. The van der Waals surface area contributed by atoms with E-state index in [4.69, 9.17) is 21.1 Å². The second-order valence-electron chi connectivity index (χ2n) is 6.76. The molecule has 5 heteroatoms. The summed E-state index contributed by atoms with van der Waals surface area (Å²) in [5.41, 5.74) is 1.51. The van der Waals surface area contributed by atoms with Crippen LogP contribution in [0.4, 0.5) is 0 Å². The van der Waals surface area contributed by atoms with E-state index in [2.05, 4.69) is 4.98 Å². The van der Waals surface area contributed by atoms with Crippen LogP contribution < -0.4 is 4.74 Å². The van der Waals surface area contributed by atoms with Crippen molar-refractivity contribution in [3.8, 4) is 11.6 Å². The van der Waals surface area contributed by atoms with E-state index < -0.39 is 0 Å². The molecular formula is C23H22ClNO3. The summed E-state index contributed by atoms with van der Waals surface area (Å²) in [4.78, 5) is 17.1. The first-order valence-corrected chi connectivity index (χ1v) is 9.51. The molecule has 1 heterocycles. The number of hydrogen-bond acceptors (Lipinski definition) is 4. The number of carbonyl (C=O) groups is 1. The molecule has 0 saturated carbocycles. The Balaban J connectivity index is 1.66. The zero-order valence-electron chi connectivity index (χ0n) is 15.8. The van der Waals surface area contributed by atoms with Crippen LogP contribution in [-0.4, -0.2) is 11.0 Å². The molecule has 0 aliphatic carbocycles. The van der Waals surface area contributed by atoms with Gasteiger partial charge in [0.05, 0.1) is 11.6 Å². The van der Waals surface area contributed by atoms with Gasteiger partial charge in [0, 0.05) is 11.1 Å². The summed E-state index contributed by atoms with van der Waals surface area (Å²) in [6.45, 7) is 4.07. The van der Waals surface area contributed by atoms with E-state index >= 15 is 0 Å². The third-order valence-electron chi connectivity index (χ3n) is 4.26. The van der Waals surface area contributed by atoms with Crippen LogP contribution in [0.15, 0.2) is 72.8 Å². The van der Waals surface area contributed by atoms with Gasteiger partial charge in [-0.15, -0.1) is 0 Å². The monoisotopic (exact) mass is 395 g/mol. The van der Waals surface area contributed by atoms with Crippen molar-refractivity contribution in [2.45, 2.75) is 26.4 Å². The van der Waals surface area contributed by atoms with E-state index in [9.17, 15) is 4.79 Å². The summed E-state index contributed by atoms with van der Waals surface area (Å²) >= 11 is 5.95. The van der Waals surface area contributed by atoms with Crippen molar-refractivity contribution in [2.75, 3.05) is 0 Å². The molecule has 144 valence electrons. The predicted octanol–water partition coefficient (Wildman–Crippen LogP) is 6.01. The summed E-state index contributed by atoms with van der Waals surface area (Å²) in [6.07, 6.45) is 0. The third-order valence-corrected chi connectivity index (χ3v) is 4.51. The number of ether oxygens (including phenoxy) is 2. The molecule has 3 rings (SSSR count). The second kappa shape index (κ2) is 9.38. The van der Waals surface area contributed by atoms with Gasteiger partial charge in [-0.3, -0.25) is 4.79 Å². The van der Waals surface area contributed by atoms with Gasteiger partial charge in [-0.1, -0.05) is 61.8 Å². The van der Waals surface area contributed by atoms with Crippen LogP contribution >= 0.6 is 11.6 Å². The van der Waals surface area contributed by atoms with Crippen LogP contribution in [0.2, 0.25) is 5.02 Å². The predicted molar refractivity (Wildman–Crippen MR) is 110 cm³/mol. The van der Waals surface area contributed by atoms with Gasteiger partial charge in [0.15, 0.2) is 0 Å². The Morgan fingerprint density at radius 3 is 2.36 bits per heavy atom. The van der Waals surface area contributed by atoms with Crippen molar-refractivity contribution in [3.63, 3.8) is 0 Å². The fourth-order valence-electron chi connectivity index (χ4n) is 2.90. The second-order valence-corrected chi connectivity index (χ2v) is 7.20. The lowest BCUT2D eigenvalue weighted by atomic mass is 9.88. The van der Waals surface area contributed by atoms with Crippen LogP contribution in [0, 0.1) is 5.92 Å². The Kier molecular flexibility index (Phi) is 6.66. The van der Waals surface area contributed by atoms with Crippen molar-refractivity contribution in [1.82, 2.24) is 4.98 Å². The molecule has 1 atom stereocenters. The minimum atomic E-state index is -0.360. The zero-order chi connectivity index (χ0) is 19.9. The average Bonchev–Trinajstić information content (AvgIpc) is 2.69. The fourth-order valence-corrected chi connectivity index (χ4v) is 3.03. The molecule has 0 amide bonds. The van der Waals surface area contributed by atoms with Crippen LogP contribution in [-0.2, 0) is 16.1 Å². The van der Waals surface area contributed by atoms with Crippen LogP contribution in [0.3, 0.4) is 0 Å². The maximum Gasteiger partial charge on any atom is 0.314 e. The summed E-state index contributed by atoms with van der Waals surface area (Å²) in [5.74, 6) is 0.605. The van der Waals surface area contributed by atoms with E-state index in [0.29, 0.717) is 22.3 Å².